The Hall–Kier alpha value is -3.55. The Kier molecular flexibility index (Phi) is 6.56. The lowest BCUT2D eigenvalue weighted by Gasteiger charge is -2.31. The van der Waals surface area contributed by atoms with E-state index in [0.29, 0.717) is 23.7 Å². The summed E-state index contributed by atoms with van der Waals surface area (Å²) in [4.78, 5) is 40.4. The van der Waals surface area contributed by atoms with Crippen LogP contribution in [0.25, 0.3) is 0 Å². The molecular weight excluding hydrogens is 384 g/mol. The van der Waals surface area contributed by atoms with Gasteiger partial charge in [-0.3, -0.25) is 14.4 Å². The van der Waals surface area contributed by atoms with Crippen LogP contribution < -0.4 is 25.6 Å². The Morgan fingerprint density at radius 3 is 2.57 bits per heavy atom. The molecule has 3 amide bonds. The molecule has 0 bridgehead atoms. The van der Waals surface area contributed by atoms with Crippen LogP contribution in [0.4, 0.5) is 17.1 Å². The minimum absolute atomic E-state index is 0.0342. The van der Waals surface area contributed by atoms with Crippen LogP contribution in [-0.2, 0) is 14.4 Å². The molecule has 0 aromatic heterocycles. The van der Waals surface area contributed by atoms with Gasteiger partial charge < -0.3 is 25.6 Å². The SMILES string of the molecule is COc1ccc(N(CCC(N)=O)CC(=O)N2c3ccccc3NC(=O)C[C@@H]2C)cc1. The van der Waals surface area contributed by atoms with Crippen LogP contribution >= 0.6 is 0 Å². The fourth-order valence-corrected chi connectivity index (χ4v) is 3.54. The molecule has 1 atom stereocenters. The number of ether oxygens (including phenoxy) is 1. The molecule has 0 spiro atoms. The molecule has 0 unspecified atom stereocenters. The molecule has 3 N–H and O–H groups in total. The lowest BCUT2D eigenvalue weighted by molar-refractivity contribution is -0.119. The zero-order valence-electron chi connectivity index (χ0n) is 17.1. The van der Waals surface area contributed by atoms with Gasteiger partial charge >= 0.3 is 0 Å². The van der Waals surface area contributed by atoms with E-state index >= 15 is 0 Å². The third-order valence-corrected chi connectivity index (χ3v) is 5.02. The quantitative estimate of drug-likeness (QED) is 0.728. The van der Waals surface area contributed by atoms with Gasteiger partial charge in [0.1, 0.15) is 5.75 Å². The molecule has 8 heteroatoms. The first kappa shape index (κ1) is 21.2. The van der Waals surface area contributed by atoms with Gasteiger partial charge in [0, 0.05) is 31.1 Å². The number of para-hydroxylation sites is 2. The zero-order valence-corrected chi connectivity index (χ0v) is 17.1. The summed E-state index contributed by atoms with van der Waals surface area (Å²) >= 11 is 0. The van der Waals surface area contributed by atoms with E-state index in [2.05, 4.69) is 5.32 Å². The first-order valence-electron chi connectivity index (χ1n) is 9.77. The Bertz CT molecular complexity index is 929. The first-order valence-corrected chi connectivity index (χ1v) is 9.77. The minimum Gasteiger partial charge on any atom is -0.497 e. The predicted molar refractivity (Wildman–Crippen MR) is 116 cm³/mol. The standard InChI is InChI=1S/C22H26N4O4/c1-15-13-21(28)24-18-5-3-4-6-19(18)26(15)22(29)14-25(12-11-20(23)27)16-7-9-17(30-2)10-8-16/h3-10,15H,11-14H2,1-2H3,(H2,23,27)(H,24,28)/t15-/m0/s1. The van der Waals surface area contributed by atoms with Crippen LogP contribution in [0.2, 0.25) is 0 Å². The van der Waals surface area contributed by atoms with E-state index in [-0.39, 0.29) is 37.2 Å². The second-order valence-electron chi connectivity index (χ2n) is 7.22. The van der Waals surface area contributed by atoms with Crippen LogP contribution in [0.15, 0.2) is 48.5 Å². The molecule has 2 aromatic rings. The summed E-state index contributed by atoms with van der Waals surface area (Å²) in [5, 5.41) is 2.85. The highest BCUT2D eigenvalue weighted by Gasteiger charge is 2.30. The number of carbonyl (C=O) groups is 3. The van der Waals surface area contributed by atoms with Gasteiger partial charge in [-0.1, -0.05) is 12.1 Å². The van der Waals surface area contributed by atoms with Crippen LogP contribution in [0, 0.1) is 0 Å². The van der Waals surface area contributed by atoms with Gasteiger partial charge in [0.2, 0.25) is 17.7 Å². The third kappa shape index (κ3) is 4.89. The van der Waals surface area contributed by atoms with Crippen molar-refractivity contribution in [1.29, 1.82) is 0 Å². The van der Waals surface area contributed by atoms with Gasteiger partial charge in [-0.15, -0.1) is 0 Å². The van der Waals surface area contributed by atoms with E-state index in [1.165, 1.54) is 0 Å². The Labute approximate surface area is 175 Å². The molecule has 1 heterocycles. The summed E-state index contributed by atoms with van der Waals surface area (Å²) in [7, 11) is 1.58. The summed E-state index contributed by atoms with van der Waals surface area (Å²) in [6, 6.07) is 14.2. The topological polar surface area (TPSA) is 105 Å². The van der Waals surface area contributed by atoms with Gasteiger partial charge in [0.25, 0.3) is 0 Å². The number of fused-ring (bicyclic) bond motifs is 1. The number of hydrogen-bond acceptors (Lipinski definition) is 5. The maximum Gasteiger partial charge on any atom is 0.246 e. The fourth-order valence-electron chi connectivity index (χ4n) is 3.54. The minimum atomic E-state index is -0.441. The highest BCUT2D eigenvalue weighted by atomic mass is 16.5. The fraction of sp³-hybridized carbons (Fsp3) is 0.318. The normalized spacial score (nSPS) is 15.6. The number of rotatable bonds is 7. The van der Waals surface area contributed by atoms with E-state index in [1.54, 1.807) is 30.2 Å². The zero-order chi connectivity index (χ0) is 21.7. The Morgan fingerprint density at radius 1 is 1.20 bits per heavy atom. The first-order chi connectivity index (χ1) is 14.4. The molecule has 0 aliphatic carbocycles. The van der Waals surface area contributed by atoms with Crippen molar-refractivity contribution in [3.05, 3.63) is 48.5 Å². The molecule has 0 radical (unpaired) electrons. The number of hydrogen-bond donors (Lipinski definition) is 2. The molecule has 3 rings (SSSR count). The second kappa shape index (κ2) is 9.30. The van der Waals surface area contributed by atoms with E-state index < -0.39 is 5.91 Å². The van der Waals surface area contributed by atoms with Crippen LogP contribution in [0.5, 0.6) is 5.75 Å². The van der Waals surface area contributed by atoms with Gasteiger partial charge in [-0.2, -0.15) is 0 Å². The number of nitrogens with one attached hydrogen (secondary N) is 1. The van der Waals surface area contributed by atoms with Crippen molar-refractivity contribution in [2.24, 2.45) is 5.73 Å². The predicted octanol–water partition coefficient (Wildman–Crippen LogP) is 2.14. The van der Waals surface area contributed by atoms with Gasteiger partial charge in [-0.05, 0) is 43.3 Å². The molecule has 8 nitrogen and oxygen atoms in total. The van der Waals surface area contributed by atoms with E-state index in [0.717, 1.165) is 5.69 Å². The highest BCUT2D eigenvalue weighted by molar-refractivity contribution is 6.05. The van der Waals surface area contributed by atoms with Crippen molar-refractivity contribution in [2.45, 2.75) is 25.8 Å². The summed E-state index contributed by atoms with van der Waals surface area (Å²) < 4.78 is 5.19. The molecule has 1 aliphatic heterocycles. The van der Waals surface area contributed by atoms with Crippen LogP contribution in [-0.4, -0.2) is 44.0 Å². The number of nitrogens with two attached hydrogens (primary N) is 1. The number of primary amides is 1. The van der Waals surface area contributed by atoms with Crippen molar-refractivity contribution >= 4 is 34.8 Å². The van der Waals surface area contributed by atoms with Crippen LogP contribution in [0.3, 0.4) is 0 Å². The number of anilines is 3. The number of amides is 3. The molecule has 0 saturated carbocycles. The van der Waals surface area contributed by atoms with Crippen molar-refractivity contribution in [2.75, 3.05) is 35.3 Å². The van der Waals surface area contributed by atoms with Crippen molar-refractivity contribution in [1.82, 2.24) is 0 Å². The van der Waals surface area contributed by atoms with Crippen molar-refractivity contribution in [3.63, 3.8) is 0 Å². The number of benzene rings is 2. The number of methoxy groups -OCH3 is 1. The molecule has 158 valence electrons. The van der Waals surface area contributed by atoms with E-state index in [9.17, 15) is 14.4 Å². The smallest absolute Gasteiger partial charge is 0.246 e. The summed E-state index contributed by atoms with van der Waals surface area (Å²) in [6.07, 6.45) is 0.315. The maximum atomic E-state index is 13.4. The van der Waals surface area contributed by atoms with Crippen molar-refractivity contribution < 1.29 is 19.1 Å². The van der Waals surface area contributed by atoms with Crippen molar-refractivity contribution in [3.8, 4) is 5.75 Å². The number of carbonyl (C=O) groups excluding carboxylic acids is 3. The van der Waals surface area contributed by atoms with Gasteiger partial charge in [-0.25, -0.2) is 0 Å². The molecule has 0 saturated heterocycles. The average molecular weight is 410 g/mol. The van der Waals surface area contributed by atoms with Crippen LogP contribution in [0.1, 0.15) is 19.8 Å². The Balaban J connectivity index is 1.88. The number of nitrogens with zero attached hydrogens (tertiary/aromatic N) is 2. The van der Waals surface area contributed by atoms with E-state index in [4.69, 9.17) is 10.5 Å². The molecule has 0 fully saturated rings. The molecule has 1 aliphatic rings. The third-order valence-electron chi connectivity index (χ3n) is 5.02. The van der Waals surface area contributed by atoms with Gasteiger partial charge in [0.05, 0.1) is 25.0 Å². The molecular formula is C22H26N4O4. The average Bonchev–Trinajstić information content (AvgIpc) is 2.85. The second-order valence-corrected chi connectivity index (χ2v) is 7.22. The van der Waals surface area contributed by atoms with Gasteiger partial charge in [0.15, 0.2) is 0 Å². The van der Waals surface area contributed by atoms with E-state index in [1.807, 2.05) is 42.2 Å². The maximum absolute atomic E-state index is 13.4. The summed E-state index contributed by atoms with van der Waals surface area (Å²) in [6.45, 7) is 2.18. The molecule has 2 aromatic carbocycles. The summed E-state index contributed by atoms with van der Waals surface area (Å²) in [5.41, 5.74) is 7.37. The largest absolute Gasteiger partial charge is 0.497 e. The highest BCUT2D eigenvalue weighted by Crippen LogP contribution is 2.31. The lowest BCUT2D eigenvalue weighted by Crippen LogP contribution is -2.45. The monoisotopic (exact) mass is 410 g/mol. The lowest BCUT2D eigenvalue weighted by atomic mass is 10.1. The molecule has 30 heavy (non-hydrogen) atoms. The Morgan fingerprint density at radius 2 is 1.90 bits per heavy atom. The summed E-state index contributed by atoms with van der Waals surface area (Å²) in [5.74, 6) is -0.0541.